The molecule has 0 spiro atoms. The first-order valence-electron chi connectivity index (χ1n) is 6.28. The van der Waals surface area contributed by atoms with Crippen LogP contribution in [0.3, 0.4) is 0 Å². The van der Waals surface area contributed by atoms with E-state index in [1.54, 1.807) is 0 Å². The van der Waals surface area contributed by atoms with E-state index >= 15 is 0 Å². The predicted octanol–water partition coefficient (Wildman–Crippen LogP) is 3.67. The lowest BCUT2D eigenvalue weighted by Gasteiger charge is -2.03. The quantitative estimate of drug-likeness (QED) is 0.770. The molecule has 0 aliphatic carbocycles. The largest absolute Gasteiger partial charge is 0.148 e. The van der Waals surface area contributed by atoms with E-state index < -0.39 is 0 Å². The number of hydrogen-bond acceptors (Lipinski definition) is 1. The topological polar surface area (TPSA) is 0 Å². The molecular weight excluding hydrogens is 224 g/mol. The number of rotatable bonds is 4. The van der Waals surface area contributed by atoms with Gasteiger partial charge < -0.3 is 0 Å². The first kappa shape index (κ1) is 14.1. The van der Waals surface area contributed by atoms with Crippen molar-refractivity contribution in [2.75, 3.05) is 0 Å². The van der Waals surface area contributed by atoms with Gasteiger partial charge in [-0.15, -0.1) is 12.6 Å². The third-order valence-electron chi connectivity index (χ3n) is 3.01. The maximum Gasteiger partial charge on any atom is -0.0181 e. The Labute approximate surface area is 110 Å². The van der Waals surface area contributed by atoms with Crippen molar-refractivity contribution in [1.82, 2.24) is 0 Å². The zero-order valence-electron chi connectivity index (χ0n) is 11.1. The Hall–Kier alpha value is -0.950. The summed E-state index contributed by atoms with van der Waals surface area (Å²) in [5.41, 5.74) is 2.49. The maximum atomic E-state index is 4.44. The van der Waals surface area contributed by atoms with Crippen LogP contribution in [0.5, 0.6) is 0 Å². The average molecular weight is 246 g/mol. The molecule has 0 aromatic heterocycles. The van der Waals surface area contributed by atoms with Crippen LogP contribution in [-0.2, 0) is 0 Å². The molecule has 92 valence electrons. The molecule has 0 saturated carbocycles. The number of benzene rings is 1. The fourth-order valence-corrected chi connectivity index (χ4v) is 1.86. The maximum absolute atomic E-state index is 4.44. The number of hydrogen-bond donors (Lipinski definition) is 1. The van der Waals surface area contributed by atoms with Gasteiger partial charge in [0, 0.05) is 0 Å². The second-order valence-electron chi connectivity index (χ2n) is 4.33. The Kier molecular flexibility index (Phi) is 5.57. The molecule has 1 aromatic rings. The van der Waals surface area contributed by atoms with E-state index in [2.05, 4.69) is 64.3 Å². The van der Waals surface area contributed by atoms with E-state index in [9.17, 15) is 0 Å². The fraction of sp³-hybridized carbons (Fsp3) is 0.375. The SMILES string of the molecule is C=c1c(C)c(/C=C(/S)CC)cc/c1=C/CCC. The molecule has 1 aromatic carbocycles. The molecule has 0 atom stereocenters. The van der Waals surface area contributed by atoms with Crippen molar-refractivity contribution in [3.8, 4) is 0 Å². The minimum absolute atomic E-state index is 0.971. The van der Waals surface area contributed by atoms with Crippen LogP contribution in [0.4, 0.5) is 0 Å². The molecule has 0 aliphatic rings. The Morgan fingerprint density at radius 2 is 2.06 bits per heavy atom. The van der Waals surface area contributed by atoms with Gasteiger partial charge in [-0.1, -0.05) is 45.1 Å². The Bertz CT molecular complexity index is 509. The summed E-state index contributed by atoms with van der Waals surface area (Å²) in [6.07, 6.45) is 7.67. The first-order chi connectivity index (χ1) is 8.10. The van der Waals surface area contributed by atoms with Crippen LogP contribution in [0.15, 0.2) is 17.0 Å². The molecule has 0 heterocycles. The van der Waals surface area contributed by atoms with Crippen molar-refractivity contribution < 1.29 is 0 Å². The summed E-state index contributed by atoms with van der Waals surface area (Å²) < 4.78 is 0. The number of allylic oxidation sites excluding steroid dienone is 1. The highest BCUT2D eigenvalue weighted by atomic mass is 32.1. The summed E-state index contributed by atoms with van der Waals surface area (Å²) in [6.45, 7) is 10.6. The second-order valence-corrected chi connectivity index (χ2v) is 4.90. The van der Waals surface area contributed by atoms with Gasteiger partial charge in [0.15, 0.2) is 0 Å². The van der Waals surface area contributed by atoms with Crippen molar-refractivity contribution >= 4 is 31.4 Å². The van der Waals surface area contributed by atoms with Crippen LogP contribution in [0.2, 0.25) is 0 Å². The van der Waals surface area contributed by atoms with E-state index in [1.807, 2.05) is 0 Å². The van der Waals surface area contributed by atoms with Crippen LogP contribution in [0.25, 0.3) is 18.7 Å². The van der Waals surface area contributed by atoms with Crippen LogP contribution >= 0.6 is 12.6 Å². The minimum Gasteiger partial charge on any atom is -0.148 e. The first-order valence-corrected chi connectivity index (χ1v) is 6.73. The van der Waals surface area contributed by atoms with Gasteiger partial charge in [-0.05, 0) is 52.3 Å². The third kappa shape index (κ3) is 3.78. The molecule has 0 unspecified atom stereocenters. The lowest BCUT2D eigenvalue weighted by Crippen LogP contribution is -2.26. The molecule has 0 bridgehead atoms. The molecule has 0 aliphatic heterocycles. The Morgan fingerprint density at radius 1 is 1.35 bits per heavy atom. The van der Waals surface area contributed by atoms with Crippen LogP contribution in [0, 0.1) is 6.92 Å². The lowest BCUT2D eigenvalue weighted by atomic mass is 10.0. The van der Waals surface area contributed by atoms with Crippen LogP contribution < -0.4 is 10.4 Å². The van der Waals surface area contributed by atoms with Gasteiger partial charge in [0.05, 0.1) is 0 Å². The second kappa shape index (κ2) is 6.70. The van der Waals surface area contributed by atoms with Gasteiger partial charge in [-0.2, -0.15) is 0 Å². The highest BCUT2D eigenvalue weighted by Crippen LogP contribution is 2.13. The minimum atomic E-state index is 0.971. The summed E-state index contributed by atoms with van der Waals surface area (Å²) in [5.74, 6) is 0. The fourth-order valence-electron chi connectivity index (χ4n) is 1.72. The normalized spacial score (nSPS) is 13.2. The summed E-state index contributed by atoms with van der Waals surface area (Å²) >= 11 is 4.44. The summed E-state index contributed by atoms with van der Waals surface area (Å²) in [6, 6.07) is 4.32. The molecule has 0 fully saturated rings. The van der Waals surface area contributed by atoms with Gasteiger partial charge in [0.25, 0.3) is 0 Å². The van der Waals surface area contributed by atoms with Gasteiger partial charge in [-0.25, -0.2) is 0 Å². The van der Waals surface area contributed by atoms with Crippen molar-refractivity contribution in [3.05, 3.63) is 38.6 Å². The predicted molar refractivity (Wildman–Crippen MR) is 82.6 cm³/mol. The molecule has 1 rings (SSSR count). The third-order valence-corrected chi connectivity index (χ3v) is 3.46. The molecule has 0 amide bonds. The Morgan fingerprint density at radius 3 is 2.65 bits per heavy atom. The molecule has 0 N–H and O–H groups in total. The highest BCUT2D eigenvalue weighted by molar-refractivity contribution is 7.84. The van der Waals surface area contributed by atoms with Gasteiger partial charge in [-0.3, -0.25) is 0 Å². The summed E-state index contributed by atoms with van der Waals surface area (Å²) in [7, 11) is 0. The van der Waals surface area contributed by atoms with E-state index in [0.29, 0.717) is 0 Å². The summed E-state index contributed by atoms with van der Waals surface area (Å²) in [5, 5.41) is 2.41. The van der Waals surface area contributed by atoms with Crippen molar-refractivity contribution in [1.29, 1.82) is 0 Å². The summed E-state index contributed by atoms with van der Waals surface area (Å²) in [4.78, 5) is 1.11. The van der Waals surface area contributed by atoms with Crippen LogP contribution in [0.1, 0.15) is 44.2 Å². The molecule has 1 heteroatoms. The zero-order chi connectivity index (χ0) is 12.8. The zero-order valence-corrected chi connectivity index (χ0v) is 12.0. The smallest absolute Gasteiger partial charge is 0.0181 e. The van der Waals surface area contributed by atoms with Crippen molar-refractivity contribution in [2.45, 2.75) is 40.0 Å². The van der Waals surface area contributed by atoms with Gasteiger partial charge >= 0.3 is 0 Å². The van der Waals surface area contributed by atoms with E-state index in [1.165, 1.54) is 22.8 Å². The molecule has 17 heavy (non-hydrogen) atoms. The Balaban J connectivity index is 3.25. The van der Waals surface area contributed by atoms with Crippen LogP contribution in [-0.4, -0.2) is 0 Å². The van der Waals surface area contributed by atoms with Crippen molar-refractivity contribution in [2.24, 2.45) is 0 Å². The van der Waals surface area contributed by atoms with Gasteiger partial charge in [0.2, 0.25) is 0 Å². The lowest BCUT2D eigenvalue weighted by molar-refractivity contribution is 0.991. The average Bonchev–Trinajstić information content (AvgIpc) is 2.34. The monoisotopic (exact) mass is 246 g/mol. The van der Waals surface area contributed by atoms with Gasteiger partial charge in [0.1, 0.15) is 0 Å². The van der Waals surface area contributed by atoms with E-state index in [4.69, 9.17) is 0 Å². The molecule has 0 nitrogen and oxygen atoms in total. The molecular formula is C16H22S. The van der Waals surface area contributed by atoms with E-state index in [0.717, 1.165) is 23.0 Å². The van der Waals surface area contributed by atoms with E-state index in [-0.39, 0.29) is 0 Å². The molecule has 0 saturated heterocycles. The van der Waals surface area contributed by atoms with Crippen molar-refractivity contribution in [3.63, 3.8) is 0 Å². The number of thiol groups is 1. The highest BCUT2D eigenvalue weighted by Gasteiger charge is 1.97. The standard InChI is InChI=1S/C16H22S/c1-5-7-8-14-9-10-15(11-16(17)6-2)13(4)12(14)3/h8-11,17H,3,5-7H2,1-2,4H3/b14-8-,16-11+. The molecule has 0 radical (unpaired) electrons. The number of unbranched alkanes of at least 4 members (excludes halogenated alkanes) is 1.